The Balaban J connectivity index is 2.76. The summed E-state index contributed by atoms with van der Waals surface area (Å²) in [6.45, 7) is 2.04. The smallest absolute Gasteiger partial charge is 0.358 e. The van der Waals surface area contributed by atoms with E-state index in [1.165, 1.54) is 6.07 Å². The fraction of sp³-hybridized carbons (Fsp3) is 0.286. The first-order valence-electron chi connectivity index (χ1n) is 3.32. The van der Waals surface area contributed by atoms with E-state index in [1.54, 1.807) is 6.92 Å². The number of hydrogen-bond acceptors (Lipinski definition) is 5. The number of hydrogen-bond donors (Lipinski definition) is 0. The molecule has 0 saturated heterocycles. The fourth-order valence-electron chi connectivity index (χ4n) is 0.629. The van der Waals surface area contributed by atoms with Gasteiger partial charge < -0.3 is 4.74 Å². The van der Waals surface area contributed by atoms with Crippen LogP contribution < -0.4 is 0 Å². The molecule has 1 rings (SSSR count). The van der Waals surface area contributed by atoms with Crippen LogP contribution in [0.1, 0.15) is 22.3 Å². The van der Waals surface area contributed by atoms with E-state index in [0.29, 0.717) is 11.5 Å². The first kappa shape index (κ1) is 8.68. The third kappa shape index (κ3) is 1.80. The molecule has 0 aromatic carbocycles. The summed E-state index contributed by atoms with van der Waals surface area (Å²) in [4.78, 5) is 11.4. The summed E-state index contributed by atoms with van der Waals surface area (Å²) < 4.78 is 8.43. The zero-order valence-electron chi connectivity index (χ0n) is 6.40. The SMILES string of the molecule is CCOC(=O)c1cc(C#N)sn1. The average Bonchev–Trinajstić information content (AvgIpc) is 2.52. The van der Waals surface area contributed by atoms with Crippen LogP contribution in [0.3, 0.4) is 0 Å². The Labute approximate surface area is 73.6 Å². The third-order valence-corrected chi connectivity index (χ3v) is 1.80. The predicted octanol–water partition coefficient (Wildman–Crippen LogP) is 1.19. The Kier molecular flexibility index (Phi) is 2.77. The van der Waals surface area contributed by atoms with Gasteiger partial charge in [-0.2, -0.15) is 9.64 Å². The van der Waals surface area contributed by atoms with E-state index in [-0.39, 0.29) is 5.69 Å². The van der Waals surface area contributed by atoms with Gasteiger partial charge in [-0.1, -0.05) is 0 Å². The lowest BCUT2D eigenvalue weighted by atomic mass is 10.4. The zero-order chi connectivity index (χ0) is 8.97. The van der Waals surface area contributed by atoms with E-state index in [1.807, 2.05) is 6.07 Å². The molecule has 4 nitrogen and oxygen atoms in total. The molecule has 0 saturated carbocycles. The summed E-state index contributed by atoms with van der Waals surface area (Å²) in [7, 11) is 0. The number of carbonyl (C=O) groups excluding carboxylic acids is 1. The van der Waals surface area contributed by atoms with Gasteiger partial charge in [-0.25, -0.2) is 4.79 Å². The van der Waals surface area contributed by atoms with Gasteiger partial charge in [0.25, 0.3) is 0 Å². The van der Waals surface area contributed by atoms with Crippen molar-refractivity contribution in [2.45, 2.75) is 6.92 Å². The largest absolute Gasteiger partial charge is 0.461 e. The van der Waals surface area contributed by atoms with Crippen molar-refractivity contribution in [2.75, 3.05) is 6.61 Å². The Morgan fingerprint density at radius 1 is 1.92 bits per heavy atom. The standard InChI is InChI=1S/C7H6N2O2S/c1-2-11-7(10)6-3-5(4-8)12-9-6/h3H,2H2,1H3. The number of nitrogens with zero attached hydrogens (tertiary/aromatic N) is 2. The summed E-state index contributed by atoms with van der Waals surface area (Å²) in [5, 5.41) is 8.43. The molecule has 0 aliphatic rings. The van der Waals surface area contributed by atoms with Gasteiger partial charge in [-0.05, 0) is 18.5 Å². The summed E-state index contributed by atoms with van der Waals surface area (Å²) >= 11 is 0.992. The number of aromatic nitrogens is 1. The van der Waals surface area contributed by atoms with Crippen LogP contribution in [-0.2, 0) is 4.74 Å². The van der Waals surface area contributed by atoms with E-state index >= 15 is 0 Å². The van der Waals surface area contributed by atoms with Crippen LogP contribution in [0.15, 0.2) is 6.07 Å². The Morgan fingerprint density at radius 3 is 3.17 bits per heavy atom. The maximum atomic E-state index is 11.0. The Hall–Kier alpha value is -1.41. The van der Waals surface area contributed by atoms with Crippen LogP contribution >= 0.6 is 11.5 Å². The molecule has 1 aromatic rings. The number of nitriles is 1. The van der Waals surface area contributed by atoms with Crippen LogP contribution in [0.2, 0.25) is 0 Å². The van der Waals surface area contributed by atoms with Crippen LogP contribution in [0, 0.1) is 11.3 Å². The summed E-state index contributed by atoms with van der Waals surface area (Å²) in [5.74, 6) is -0.477. The molecule has 0 fully saturated rings. The van der Waals surface area contributed by atoms with Crippen LogP contribution in [0.4, 0.5) is 0 Å². The highest BCUT2D eigenvalue weighted by Gasteiger charge is 2.10. The van der Waals surface area contributed by atoms with Crippen molar-refractivity contribution in [3.63, 3.8) is 0 Å². The molecule has 5 heteroatoms. The van der Waals surface area contributed by atoms with E-state index in [0.717, 1.165) is 11.5 Å². The lowest BCUT2D eigenvalue weighted by Crippen LogP contribution is -2.04. The molecule has 0 atom stereocenters. The second kappa shape index (κ2) is 3.83. The molecule has 12 heavy (non-hydrogen) atoms. The first-order chi connectivity index (χ1) is 5.77. The highest BCUT2D eigenvalue weighted by atomic mass is 32.1. The number of esters is 1. The second-order valence-corrected chi connectivity index (χ2v) is 2.71. The molecule has 0 spiro atoms. The summed E-state index contributed by atoms with van der Waals surface area (Å²) in [6.07, 6.45) is 0. The topological polar surface area (TPSA) is 63.0 Å². The predicted molar refractivity (Wildman–Crippen MR) is 42.8 cm³/mol. The van der Waals surface area contributed by atoms with Crippen molar-refractivity contribution >= 4 is 17.5 Å². The lowest BCUT2D eigenvalue weighted by Gasteiger charge is -1.94. The van der Waals surface area contributed by atoms with Gasteiger partial charge in [0.2, 0.25) is 0 Å². The molecule has 62 valence electrons. The molecule has 1 aromatic heterocycles. The minimum Gasteiger partial charge on any atom is -0.461 e. The normalized spacial score (nSPS) is 9.00. The van der Waals surface area contributed by atoms with E-state index < -0.39 is 5.97 Å². The maximum Gasteiger partial charge on any atom is 0.358 e. The minimum atomic E-state index is -0.477. The molecule has 0 bridgehead atoms. The number of rotatable bonds is 2. The highest BCUT2D eigenvalue weighted by molar-refractivity contribution is 7.06. The molecule has 0 aliphatic heterocycles. The summed E-state index contributed by atoms with van der Waals surface area (Å²) in [5.41, 5.74) is 0.207. The Morgan fingerprint density at radius 2 is 2.67 bits per heavy atom. The average molecular weight is 182 g/mol. The van der Waals surface area contributed by atoms with Crippen molar-refractivity contribution in [3.8, 4) is 6.07 Å². The maximum absolute atomic E-state index is 11.0. The monoisotopic (exact) mass is 182 g/mol. The van der Waals surface area contributed by atoms with Crippen molar-refractivity contribution in [1.29, 1.82) is 5.26 Å². The summed E-state index contributed by atoms with van der Waals surface area (Å²) in [6, 6.07) is 3.31. The number of ether oxygens (including phenoxy) is 1. The molecule has 0 amide bonds. The molecule has 0 N–H and O–H groups in total. The molecular formula is C7H6N2O2S. The molecule has 0 unspecified atom stereocenters. The van der Waals surface area contributed by atoms with Gasteiger partial charge in [0, 0.05) is 6.07 Å². The van der Waals surface area contributed by atoms with Gasteiger partial charge in [0.15, 0.2) is 5.69 Å². The van der Waals surface area contributed by atoms with Crippen molar-refractivity contribution < 1.29 is 9.53 Å². The van der Waals surface area contributed by atoms with Crippen LogP contribution in [0.5, 0.6) is 0 Å². The van der Waals surface area contributed by atoms with E-state index in [2.05, 4.69) is 9.11 Å². The van der Waals surface area contributed by atoms with Crippen LogP contribution in [-0.4, -0.2) is 16.9 Å². The third-order valence-electron chi connectivity index (χ3n) is 1.10. The van der Waals surface area contributed by atoms with Crippen LogP contribution in [0.25, 0.3) is 0 Å². The highest BCUT2D eigenvalue weighted by Crippen LogP contribution is 2.08. The van der Waals surface area contributed by atoms with E-state index in [9.17, 15) is 4.79 Å². The zero-order valence-corrected chi connectivity index (χ0v) is 7.22. The number of carbonyl (C=O) groups is 1. The van der Waals surface area contributed by atoms with Crippen molar-refractivity contribution in [2.24, 2.45) is 0 Å². The van der Waals surface area contributed by atoms with E-state index in [4.69, 9.17) is 5.26 Å². The van der Waals surface area contributed by atoms with Crippen molar-refractivity contribution in [1.82, 2.24) is 4.37 Å². The molecular weight excluding hydrogens is 176 g/mol. The fourth-order valence-corrected chi connectivity index (χ4v) is 1.16. The van der Waals surface area contributed by atoms with Gasteiger partial charge >= 0.3 is 5.97 Å². The van der Waals surface area contributed by atoms with Gasteiger partial charge in [-0.15, -0.1) is 0 Å². The lowest BCUT2D eigenvalue weighted by molar-refractivity contribution is 0.0521. The van der Waals surface area contributed by atoms with Gasteiger partial charge in [0.1, 0.15) is 10.9 Å². The Bertz CT molecular complexity index is 326. The minimum absolute atomic E-state index is 0.207. The van der Waals surface area contributed by atoms with Gasteiger partial charge in [0.05, 0.1) is 6.61 Å². The van der Waals surface area contributed by atoms with Crippen molar-refractivity contribution in [3.05, 3.63) is 16.6 Å². The first-order valence-corrected chi connectivity index (χ1v) is 4.09. The van der Waals surface area contributed by atoms with Gasteiger partial charge in [-0.3, -0.25) is 0 Å². The quantitative estimate of drug-likeness (QED) is 0.644. The second-order valence-electron chi connectivity index (χ2n) is 1.91. The molecule has 0 radical (unpaired) electrons. The molecule has 0 aliphatic carbocycles. The molecule has 1 heterocycles.